The lowest BCUT2D eigenvalue weighted by molar-refractivity contribution is -0.156. The van der Waals surface area contributed by atoms with Gasteiger partial charge in [-0.2, -0.15) is 0 Å². The van der Waals surface area contributed by atoms with E-state index in [1.54, 1.807) is 6.07 Å². The van der Waals surface area contributed by atoms with Crippen LogP contribution in [-0.4, -0.2) is 31.8 Å². The summed E-state index contributed by atoms with van der Waals surface area (Å²) >= 11 is 0. The molecule has 0 spiro atoms. The van der Waals surface area contributed by atoms with Gasteiger partial charge in [0.1, 0.15) is 0 Å². The summed E-state index contributed by atoms with van der Waals surface area (Å²) in [6.45, 7) is 0.254. The first-order valence-corrected chi connectivity index (χ1v) is 5.99. The van der Waals surface area contributed by atoms with Gasteiger partial charge in [0.2, 0.25) is 6.10 Å². The zero-order chi connectivity index (χ0) is 14.5. The molecule has 0 N–H and O–H groups in total. The highest BCUT2D eigenvalue weighted by molar-refractivity contribution is 5.89. The van der Waals surface area contributed by atoms with E-state index in [4.69, 9.17) is 9.47 Å². The van der Waals surface area contributed by atoms with E-state index < -0.39 is 23.9 Å². The first kappa shape index (κ1) is 14.0. The zero-order valence-electron chi connectivity index (χ0n) is 10.8. The van der Waals surface area contributed by atoms with E-state index in [9.17, 15) is 14.0 Å². The Balaban J connectivity index is 1.96. The molecule has 1 aromatic rings. The van der Waals surface area contributed by atoms with Crippen LogP contribution in [0.5, 0.6) is 5.75 Å². The largest absolute Gasteiger partial charge is 0.494 e. The van der Waals surface area contributed by atoms with Crippen LogP contribution < -0.4 is 4.74 Å². The summed E-state index contributed by atoms with van der Waals surface area (Å²) in [7, 11) is 1.37. The number of halogens is 1. The van der Waals surface area contributed by atoms with Gasteiger partial charge in [-0.1, -0.05) is 6.07 Å². The maximum atomic E-state index is 13.4. The number of hydrogen-bond acceptors (Lipinski definition) is 5. The summed E-state index contributed by atoms with van der Waals surface area (Å²) in [5.41, 5.74) is 0.481. The van der Waals surface area contributed by atoms with Gasteiger partial charge in [0.05, 0.1) is 13.7 Å². The third-order valence-corrected chi connectivity index (χ3v) is 2.73. The van der Waals surface area contributed by atoms with Crippen molar-refractivity contribution in [1.82, 2.24) is 0 Å². The average Bonchev–Trinajstić information content (AvgIpc) is 2.82. The Morgan fingerprint density at radius 3 is 2.90 bits per heavy atom. The van der Waals surface area contributed by atoms with Gasteiger partial charge < -0.3 is 14.2 Å². The third-order valence-electron chi connectivity index (χ3n) is 2.73. The Bertz CT molecular complexity index is 552. The van der Waals surface area contributed by atoms with Crippen LogP contribution in [-0.2, 0) is 19.1 Å². The van der Waals surface area contributed by atoms with E-state index >= 15 is 0 Å². The molecule has 1 saturated heterocycles. The van der Waals surface area contributed by atoms with Crippen LogP contribution >= 0.6 is 0 Å². The lowest BCUT2D eigenvalue weighted by atomic mass is 10.2. The number of cyclic esters (lactones) is 1. The molecule has 20 heavy (non-hydrogen) atoms. The summed E-state index contributed by atoms with van der Waals surface area (Å²) in [5, 5.41) is 0. The second kappa shape index (κ2) is 6.18. The first-order chi connectivity index (χ1) is 9.60. The van der Waals surface area contributed by atoms with Crippen LogP contribution in [0.25, 0.3) is 6.08 Å². The fourth-order valence-corrected chi connectivity index (χ4v) is 1.71. The van der Waals surface area contributed by atoms with Crippen LogP contribution in [0.3, 0.4) is 0 Å². The second-order valence-corrected chi connectivity index (χ2v) is 4.11. The van der Waals surface area contributed by atoms with Gasteiger partial charge in [-0.3, -0.25) is 0 Å². The van der Waals surface area contributed by atoms with E-state index in [1.807, 2.05) is 0 Å². The molecule has 0 unspecified atom stereocenters. The molecule has 106 valence electrons. The van der Waals surface area contributed by atoms with Crippen molar-refractivity contribution in [3.05, 3.63) is 35.7 Å². The maximum absolute atomic E-state index is 13.4. The molecule has 6 heteroatoms. The number of hydrogen-bond donors (Lipinski definition) is 0. The molecule has 1 aliphatic rings. The molecule has 1 aromatic carbocycles. The number of methoxy groups -OCH3 is 1. The van der Waals surface area contributed by atoms with Crippen molar-refractivity contribution in [1.29, 1.82) is 0 Å². The van der Waals surface area contributed by atoms with E-state index in [2.05, 4.69) is 4.74 Å². The molecule has 1 atom stereocenters. The molecule has 2 rings (SSSR count). The average molecular weight is 280 g/mol. The summed E-state index contributed by atoms with van der Waals surface area (Å²) < 4.78 is 27.8. The fourth-order valence-electron chi connectivity index (χ4n) is 1.71. The Kier molecular flexibility index (Phi) is 4.34. The van der Waals surface area contributed by atoms with Gasteiger partial charge in [0.25, 0.3) is 0 Å². The van der Waals surface area contributed by atoms with Gasteiger partial charge >= 0.3 is 11.9 Å². The van der Waals surface area contributed by atoms with Crippen LogP contribution in [0.15, 0.2) is 24.3 Å². The summed E-state index contributed by atoms with van der Waals surface area (Å²) in [4.78, 5) is 22.6. The predicted octanol–water partition coefficient (Wildman–Crippen LogP) is 1.71. The molecule has 0 aromatic heterocycles. The van der Waals surface area contributed by atoms with E-state index in [1.165, 1.54) is 25.3 Å². The van der Waals surface area contributed by atoms with Gasteiger partial charge in [-0.25, -0.2) is 14.0 Å². The number of rotatable bonds is 4. The summed E-state index contributed by atoms with van der Waals surface area (Å²) in [6.07, 6.45) is 2.04. The van der Waals surface area contributed by atoms with Crippen molar-refractivity contribution < 1.29 is 28.2 Å². The highest BCUT2D eigenvalue weighted by Crippen LogP contribution is 2.18. The minimum Gasteiger partial charge on any atom is -0.494 e. The molecular formula is C14H13FO5. The summed E-state index contributed by atoms with van der Waals surface area (Å²) in [5.74, 6) is -1.62. The zero-order valence-corrected chi connectivity index (χ0v) is 10.8. The molecule has 0 bridgehead atoms. The highest BCUT2D eigenvalue weighted by Gasteiger charge is 2.29. The van der Waals surface area contributed by atoms with Crippen molar-refractivity contribution in [3.8, 4) is 5.75 Å². The minimum atomic E-state index is -0.847. The van der Waals surface area contributed by atoms with Gasteiger partial charge in [-0.15, -0.1) is 0 Å². The van der Waals surface area contributed by atoms with Gasteiger partial charge in [0, 0.05) is 12.5 Å². The third kappa shape index (κ3) is 3.34. The lowest BCUT2D eigenvalue weighted by Crippen LogP contribution is -2.21. The predicted molar refractivity (Wildman–Crippen MR) is 67.4 cm³/mol. The molecule has 0 saturated carbocycles. The molecule has 1 aliphatic heterocycles. The Morgan fingerprint density at radius 2 is 2.30 bits per heavy atom. The Morgan fingerprint density at radius 1 is 1.50 bits per heavy atom. The number of ether oxygens (including phenoxy) is 3. The monoisotopic (exact) mass is 280 g/mol. The van der Waals surface area contributed by atoms with E-state index in [0.29, 0.717) is 12.0 Å². The SMILES string of the molecule is COc1ccc(/C=C/C(=O)O[C@H]2CCOC2=O)cc1F. The Hall–Kier alpha value is -2.37. The molecular weight excluding hydrogens is 267 g/mol. The first-order valence-electron chi connectivity index (χ1n) is 5.99. The molecule has 5 nitrogen and oxygen atoms in total. The van der Waals surface area contributed by atoms with Crippen molar-refractivity contribution in [2.24, 2.45) is 0 Å². The van der Waals surface area contributed by atoms with Crippen LogP contribution in [0.1, 0.15) is 12.0 Å². The quantitative estimate of drug-likeness (QED) is 0.620. The second-order valence-electron chi connectivity index (χ2n) is 4.11. The van der Waals surface area contributed by atoms with Crippen LogP contribution in [0.4, 0.5) is 4.39 Å². The maximum Gasteiger partial charge on any atom is 0.347 e. The van der Waals surface area contributed by atoms with Gasteiger partial charge in [0.15, 0.2) is 11.6 Å². The van der Waals surface area contributed by atoms with Gasteiger partial charge in [-0.05, 0) is 23.8 Å². The lowest BCUT2D eigenvalue weighted by Gasteiger charge is -2.05. The number of benzene rings is 1. The molecule has 0 amide bonds. The molecule has 1 fully saturated rings. The highest BCUT2D eigenvalue weighted by atomic mass is 19.1. The smallest absolute Gasteiger partial charge is 0.347 e. The standard InChI is InChI=1S/C14H13FO5/c1-18-11-4-2-9(8-10(11)15)3-5-13(16)20-12-6-7-19-14(12)17/h2-5,8,12H,6-7H2,1H3/b5-3+/t12-/m0/s1. The molecule has 0 aliphatic carbocycles. The number of carbonyl (C=O) groups is 2. The van der Waals surface area contributed by atoms with Crippen LogP contribution in [0.2, 0.25) is 0 Å². The number of esters is 2. The summed E-state index contributed by atoms with van der Waals surface area (Å²) in [6, 6.07) is 4.27. The molecule has 0 radical (unpaired) electrons. The van der Waals surface area contributed by atoms with Crippen molar-refractivity contribution >= 4 is 18.0 Å². The molecule has 1 heterocycles. The topological polar surface area (TPSA) is 61.8 Å². The van der Waals surface area contributed by atoms with Crippen molar-refractivity contribution in [3.63, 3.8) is 0 Å². The Labute approximate surface area is 114 Å². The van der Waals surface area contributed by atoms with E-state index in [-0.39, 0.29) is 12.4 Å². The fraction of sp³-hybridized carbons (Fsp3) is 0.286. The minimum absolute atomic E-state index is 0.124. The van der Waals surface area contributed by atoms with E-state index in [0.717, 1.165) is 6.08 Å². The van der Waals surface area contributed by atoms with Crippen molar-refractivity contribution in [2.45, 2.75) is 12.5 Å². The number of carbonyl (C=O) groups excluding carboxylic acids is 2. The normalized spacial score (nSPS) is 18.1. The van der Waals surface area contributed by atoms with Crippen LogP contribution in [0, 0.1) is 5.82 Å². The van der Waals surface area contributed by atoms with Crippen molar-refractivity contribution in [2.75, 3.05) is 13.7 Å².